The maximum Gasteiger partial charge on any atom is 0.306 e. The summed E-state index contributed by atoms with van der Waals surface area (Å²) in [6.45, 7) is 10.8. The van der Waals surface area contributed by atoms with Crippen molar-refractivity contribution in [3.8, 4) is 0 Å². The molecule has 0 fully saturated rings. The zero-order valence-corrected chi connectivity index (χ0v) is 23.6. The third-order valence-electron chi connectivity index (χ3n) is 7.31. The van der Waals surface area contributed by atoms with E-state index in [0.717, 1.165) is 30.4 Å². The van der Waals surface area contributed by atoms with Crippen molar-refractivity contribution in [2.75, 3.05) is 19.8 Å². The third-order valence-corrected chi connectivity index (χ3v) is 7.31. The van der Waals surface area contributed by atoms with Crippen molar-refractivity contribution in [1.29, 1.82) is 0 Å². The SMILES string of the molecule is CCOC(=O)CCC=Cc1c([C@@H](C)OC[C@H](O)CNC(C)(C)CC2Cc3ccccc3C2)ccc(F)c1C. The van der Waals surface area contributed by atoms with Crippen molar-refractivity contribution in [2.45, 2.75) is 84.5 Å². The molecule has 2 aromatic rings. The normalized spacial score (nSPS) is 15.6. The minimum atomic E-state index is -0.664. The first-order valence-electron chi connectivity index (χ1n) is 13.8. The Bertz CT molecular complexity index is 1070. The zero-order valence-electron chi connectivity index (χ0n) is 23.6. The predicted octanol–water partition coefficient (Wildman–Crippen LogP) is 6.10. The first-order chi connectivity index (χ1) is 18.1. The number of β-amino-alcohol motifs (C(OH)–C–C–N with tert-alkyl or cyclic N) is 1. The number of benzene rings is 2. The number of hydrogen-bond acceptors (Lipinski definition) is 5. The van der Waals surface area contributed by atoms with Gasteiger partial charge in [0.25, 0.3) is 0 Å². The van der Waals surface area contributed by atoms with Crippen molar-refractivity contribution in [1.82, 2.24) is 5.32 Å². The van der Waals surface area contributed by atoms with Crippen LogP contribution in [0.25, 0.3) is 6.08 Å². The molecule has 0 spiro atoms. The lowest BCUT2D eigenvalue weighted by Crippen LogP contribution is -2.45. The molecule has 5 nitrogen and oxygen atoms in total. The molecule has 0 amide bonds. The highest BCUT2D eigenvalue weighted by molar-refractivity contribution is 5.69. The van der Waals surface area contributed by atoms with Gasteiger partial charge in [0, 0.05) is 18.5 Å². The summed E-state index contributed by atoms with van der Waals surface area (Å²) in [5.41, 5.74) is 4.93. The van der Waals surface area contributed by atoms with Crippen LogP contribution in [0.2, 0.25) is 0 Å². The molecular formula is C32H44FNO4. The highest BCUT2D eigenvalue weighted by Gasteiger charge is 2.28. The summed E-state index contributed by atoms with van der Waals surface area (Å²) in [6, 6.07) is 11.9. The lowest BCUT2D eigenvalue weighted by Gasteiger charge is -2.31. The van der Waals surface area contributed by atoms with E-state index in [0.29, 0.717) is 31.1 Å². The van der Waals surface area contributed by atoms with Gasteiger partial charge in [0.15, 0.2) is 0 Å². The molecule has 0 aliphatic heterocycles. The lowest BCUT2D eigenvalue weighted by molar-refractivity contribution is -0.143. The monoisotopic (exact) mass is 525 g/mol. The Labute approximate surface area is 227 Å². The third kappa shape index (κ3) is 8.75. The molecule has 0 unspecified atom stereocenters. The van der Waals surface area contributed by atoms with Crippen molar-refractivity contribution in [3.63, 3.8) is 0 Å². The van der Waals surface area contributed by atoms with Crippen LogP contribution in [-0.4, -0.2) is 42.5 Å². The molecule has 2 N–H and O–H groups in total. The molecule has 0 radical (unpaired) electrons. The van der Waals surface area contributed by atoms with Crippen LogP contribution in [0, 0.1) is 18.7 Å². The maximum atomic E-state index is 14.3. The van der Waals surface area contributed by atoms with E-state index in [-0.39, 0.29) is 36.5 Å². The number of fused-ring (bicyclic) bond motifs is 1. The molecule has 6 heteroatoms. The van der Waals surface area contributed by atoms with Crippen LogP contribution >= 0.6 is 0 Å². The van der Waals surface area contributed by atoms with Gasteiger partial charge < -0.3 is 19.9 Å². The first kappa shape index (κ1) is 30.0. The molecule has 208 valence electrons. The van der Waals surface area contributed by atoms with Crippen molar-refractivity contribution < 1.29 is 23.8 Å². The Morgan fingerprint density at radius 1 is 1.21 bits per heavy atom. The molecule has 0 bridgehead atoms. The van der Waals surface area contributed by atoms with Gasteiger partial charge in [-0.2, -0.15) is 0 Å². The van der Waals surface area contributed by atoms with Crippen molar-refractivity contribution >= 4 is 12.0 Å². The fourth-order valence-electron chi connectivity index (χ4n) is 5.32. The van der Waals surface area contributed by atoms with Gasteiger partial charge in [0.2, 0.25) is 0 Å². The smallest absolute Gasteiger partial charge is 0.306 e. The number of carbonyl (C=O) groups excluding carboxylic acids is 1. The van der Waals surface area contributed by atoms with Crippen LogP contribution < -0.4 is 5.32 Å². The Kier molecular flexibility index (Phi) is 11.1. The van der Waals surface area contributed by atoms with Crippen LogP contribution in [0.4, 0.5) is 4.39 Å². The molecular weight excluding hydrogens is 481 g/mol. The molecule has 0 saturated heterocycles. The first-order valence-corrected chi connectivity index (χ1v) is 13.8. The van der Waals surface area contributed by atoms with E-state index in [9.17, 15) is 14.3 Å². The van der Waals surface area contributed by atoms with Crippen LogP contribution in [0.15, 0.2) is 42.5 Å². The summed E-state index contributed by atoms with van der Waals surface area (Å²) in [5.74, 6) is 0.0702. The van der Waals surface area contributed by atoms with Crippen molar-refractivity contribution in [2.24, 2.45) is 5.92 Å². The minimum Gasteiger partial charge on any atom is -0.466 e. The van der Waals surface area contributed by atoms with E-state index in [1.165, 1.54) is 17.2 Å². The average molecular weight is 526 g/mol. The van der Waals surface area contributed by atoms with Gasteiger partial charge in [-0.1, -0.05) is 42.5 Å². The molecule has 0 saturated carbocycles. The molecule has 1 aliphatic rings. The largest absolute Gasteiger partial charge is 0.466 e. The molecule has 38 heavy (non-hydrogen) atoms. The van der Waals surface area contributed by atoms with E-state index in [4.69, 9.17) is 9.47 Å². The minimum absolute atomic E-state index is 0.102. The van der Waals surface area contributed by atoms with Crippen LogP contribution in [0.1, 0.15) is 80.9 Å². The fourth-order valence-corrected chi connectivity index (χ4v) is 5.32. The summed E-state index contributed by atoms with van der Waals surface area (Å²) >= 11 is 0. The number of hydrogen-bond donors (Lipinski definition) is 2. The van der Waals surface area contributed by atoms with E-state index < -0.39 is 6.10 Å². The van der Waals surface area contributed by atoms with Gasteiger partial charge in [-0.25, -0.2) is 4.39 Å². The summed E-state index contributed by atoms with van der Waals surface area (Å²) < 4.78 is 25.3. The molecule has 3 rings (SSSR count). The predicted molar refractivity (Wildman–Crippen MR) is 150 cm³/mol. The van der Waals surface area contributed by atoms with Crippen LogP contribution in [-0.2, 0) is 27.1 Å². The number of aliphatic hydroxyl groups is 1. The number of allylic oxidation sites excluding steroid dienone is 1. The number of ether oxygens (including phenoxy) is 2. The molecule has 2 atom stereocenters. The van der Waals surface area contributed by atoms with Crippen molar-refractivity contribution in [3.05, 3.63) is 76.1 Å². The number of rotatable bonds is 14. The Hall–Kier alpha value is -2.54. The quantitative estimate of drug-likeness (QED) is 0.292. The topological polar surface area (TPSA) is 67.8 Å². The van der Waals surface area contributed by atoms with Crippen LogP contribution in [0.3, 0.4) is 0 Å². The fraction of sp³-hybridized carbons (Fsp3) is 0.531. The Morgan fingerprint density at radius 2 is 1.89 bits per heavy atom. The van der Waals surface area contributed by atoms with Gasteiger partial charge in [-0.15, -0.1) is 0 Å². The van der Waals surface area contributed by atoms with Gasteiger partial charge in [-0.05, 0) is 100 Å². The lowest BCUT2D eigenvalue weighted by atomic mass is 9.88. The number of esters is 1. The second-order valence-corrected chi connectivity index (χ2v) is 11.1. The molecule has 0 aromatic heterocycles. The highest BCUT2D eigenvalue weighted by Crippen LogP contribution is 2.32. The Balaban J connectivity index is 1.49. The molecule has 2 aromatic carbocycles. The maximum absolute atomic E-state index is 14.3. The summed E-state index contributed by atoms with van der Waals surface area (Å²) in [7, 11) is 0. The van der Waals surface area contributed by atoms with Gasteiger partial charge >= 0.3 is 5.97 Å². The second-order valence-electron chi connectivity index (χ2n) is 11.1. The second kappa shape index (κ2) is 14.0. The number of nitrogens with one attached hydrogen (secondary N) is 1. The Morgan fingerprint density at radius 3 is 2.55 bits per heavy atom. The van der Waals surface area contributed by atoms with Crippen LogP contribution in [0.5, 0.6) is 0 Å². The number of halogens is 1. The van der Waals surface area contributed by atoms with E-state index in [2.05, 4.69) is 43.4 Å². The van der Waals surface area contributed by atoms with E-state index in [1.807, 2.05) is 19.1 Å². The molecule has 1 aliphatic carbocycles. The van der Waals surface area contributed by atoms with E-state index in [1.54, 1.807) is 19.9 Å². The highest BCUT2D eigenvalue weighted by atomic mass is 19.1. The molecule has 0 heterocycles. The standard InChI is InChI=1S/C32H44FNO4/c1-6-37-31(36)14-10-9-13-28-22(2)30(33)16-15-29(28)23(3)38-21-27(35)20-34-32(4,5)19-24-17-25-11-7-8-12-26(25)18-24/h7-9,11-13,15-16,23-24,27,34-35H,6,10,14,17-21H2,1-5H3/t23-,27-/m1/s1. The van der Waals surface area contributed by atoms with Gasteiger partial charge in [0.05, 0.1) is 25.4 Å². The summed E-state index contributed by atoms with van der Waals surface area (Å²) in [5, 5.41) is 14.2. The summed E-state index contributed by atoms with van der Waals surface area (Å²) in [6.07, 6.45) is 6.75. The zero-order chi connectivity index (χ0) is 27.7. The van der Waals surface area contributed by atoms with Gasteiger partial charge in [-0.3, -0.25) is 4.79 Å². The number of aliphatic hydroxyl groups excluding tert-OH is 1. The summed E-state index contributed by atoms with van der Waals surface area (Å²) in [4.78, 5) is 11.6. The van der Waals surface area contributed by atoms with Gasteiger partial charge in [0.1, 0.15) is 5.82 Å². The number of carbonyl (C=O) groups is 1. The average Bonchev–Trinajstić information content (AvgIpc) is 3.28. The van der Waals surface area contributed by atoms with E-state index >= 15 is 0 Å².